The topological polar surface area (TPSA) is 80.5 Å². The second-order valence-electron chi connectivity index (χ2n) is 5.07. The Hall–Kier alpha value is -1.47. The van der Waals surface area contributed by atoms with Crippen LogP contribution in [0.15, 0.2) is 4.52 Å². The first kappa shape index (κ1) is 12.6. The van der Waals surface area contributed by atoms with Gasteiger partial charge in [-0.2, -0.15) is 4.98 Å². The predicted octanol–water partition coefficient (Wildman–Crippen LogP) is -0.0290. The predicted molar refractivity (Wildman–Crippen MR) is 65.7 cm³/mol. The Kier molecular flexibility index (Phi) is 3.48. The molecule has 2 fully saturated rings. The van der Waals surface area contributed by atoms with Crippen molar-refractivity contribution in [3.8, 4) is 0 Å². The van der Waals surface area contributed by atoms with Gasteiger partial charge in [-0.05, 0) is 12.8 Å². The van der Waals surface area contributed by atoms with Crippen molar-refractivity contribution in [1.82, 2.24) is 20.4 Å². The summed E-state index contributed by atoms with van der Waals surface area (Å²) in [5.74, 6) is 0.148. The molecule has 0 bridgehead atoms. The molecule has 1 aliphatic carbocycles. The molecule has 1 saturated heterocycles. The van der Waals surface area contributed by atoms with Gasteiger partial charge in [0.05, 0.1) is 12.7 Å². The zero-order valence-electron chi connectivity index (χ0n) is 11.0. The lowest BCUT2D eigenvalue weighted by atomic mass is 10.2. The van der Waals surface area contributed by atoms with Crippen LogP contribution in [0.3, 0.4) is 0 Å². The highest BCUT2D eigenvalue weighted by molar-refractivity contribution is 5.90. The Morgan fingerprint density at radius 2 is 2.37 bits per heavy atom. The first-order chi connectivity index (χ1) is 9.22. The summed E-state index contributed by atoms with van der Waals surface area (Å²) in [5, 5.41) is 6.37. The van der Waals surface area contributed by atoms with Gasteiger partial charge in [-0.15, -0.1) is 0 Å². The summed E-state index contributed by atoms with van der Waals surface area (Å²) in [7, 11) is 0. The van der Waals surface area contributed by atoms with Crippen LogP contribution in [0.1, 0.15) is 29.4 Å². The monoisotopic (exact) mass is 266 g/mol. The van der Waals surface area contributed by atoms with Crippen LogP contribution in [0.25, 0.3) is 0 Å². The van der Waals surface area contributed by atoms with Crippen LogP contribution in [0, 0.1) is 6.92 Å². The van der Waals surface area contributed by atoms with Crippen molar-refractivity contribution in [1.29, 1.82) is 0 Å². The van der Waals surface area contributed by atoms with Crippen molar-refractivity contribution in [2.75, 3.05) is 26.2 Å². The van der Waals surface area contributed by atoms with E-state index >= 15 is 0 Å². The Morgan fingerprint density at radius 1 is 1.53 bits per heavy atom. The van der Waals surface area contributed by atoms with Gasteiger partial charge in [0.1, 0.15) is 0 Å². The number of aryl methyl sites for hydroxylation is 1. The van der Waals surface area contributed by atoms with Crippen molar-refractivity contribution in [3.05, 3.63) is 11.7 Å². The Bertz CT molecular complexity index is 458. The molecule has 0 unspecified atom stereocenters. The maximum atomic E-state index is 11.8. The molecule has 1 atom stereocenters. The van der Waals surface area contributed by atoms with E-state index in [4.69, 9.17) is 9.26 Å². The molecular weight excluding hydrogens is 248 g/mol. The van der Waals surface area contributed by atoms with Crippen LogP contribution in [-0.4, -0.2) is 59.3 Å². The van der Waals surface area contributed by atoms with Crippen molar-refractivity contribution >= 4 is 5.91 Å². The fourth-order valence-corrected chi connectivity index (χ4v) is 2.31. The average molecular weight is 266 g/mol. The van der Waals surface area contributed by atoms with Crippen molar-refractivity contribution in [3.63, 3.8) is 0 Å². The lowest BCUT2D eigenvalue weighted by Crippen LogP contribution is -2.48. The molecule has 1 aromatic rings. The number of hydrogen-bond acceptors (Lipinski definition) is 6. The molecule has 1 aromatic heterocycles. The van der Waals surface area contributed by atoms with E-state index in [1.54, 1.807) is 6.92 Å². The number of morpholine rings is 1. The molecule has 7 heteroatoms. The molecular formula is C12H18N4O3. The molecule has 1 amide bonds. The summed E-state index contributed by atoms with van der Waals surface area (Å²) in [6, 6.07) is 0.738. The smallest absolute Gasteiger partial charge is 0.292 e. The molecule has 0 radical (unpaired) electrons. The van der Waals surface area contributed by atoms with Gasteiger partial charge in [-0.25, -0.2) is 0 Å². The number of carbonyl (C=O) groups excluding carboxylic acids is 1. The molecule has 0 spiro atoms. The molecule has 7 nitrogen and oxygen atoms in total. The van der Waals surface area contributed by atoms with Crippen molar-refractivity contribution in [2.24, 2.45) is 0 Å². The summed E-state index contributed by atoms with van der Waals surface area (Å²) in [6.45, 7) is 4.75. The van der Waals surface area contributed by atoms with Crippen LogP contribution in [0.4, 0.5) is 0 Å². The number of nitrogens with zero attached hydrogens (tertiary/aromatic N) is 3. The minimum absolute atomic E-state index is 0.0475. The lowest BCUT2D eigenvalue weighted by molar-refractivity contribution is -0.0293. The van der Waals surface area contributed by atoms with Gasteiger partial charge in [-0.1, -0.05) is 5.16 Å². The third-order valence-corrected chi connectivity index (χ3v) is 3.45. The number of nitrogens with one attached hydrogen (secondary N) is 1. The quantitative estimate of drug-likeness (QED) is 0.824. The molecule has 1 aliphatic heterocycles. The maximum Gasteiger partial charge on any atom is 0.292 e. The average Bonchev–Trinajstić information content (AvgIpc) is 3.19. The van der Waals surface area contributed by atoms with Crippen LogP contribution >= 0.6 is 0 Å². The van der Waals surface area contributed by atoms with E-state index in [9.17, 15) is 4.79 Å². The Labute approximate surface area is 111 Å². The van der Waals surface area contributed by atoms with E-state index in [-0.39, 0.29) is 17.8 Å². The first-order valence-corrected chi connectivity index (χ1v) is 6.66. The van der Waals surface area contributed by atoms with E-state index in [2.05, 4.69) is 20.4 Å². The van der Waals surface area contributed by atoms with E-state index in [1.165, 1.54) is 12.8 Å². The van der Waals surface area contributed by atoms with Crippen LogP contribution < -0.4 is 5.32 Å². The van der Waals surface area contributed by atoms with Crippen LogP contribution in [0.5, 0.6) is 0 Å². The third-order valence-electron chi connectivity index (χ3n) is 3.45. The Balaban J connectivity index is 1.47. The summed E-state index contributed by atoms with van der Waals surface area (Å²) in [4.78, 5) is 18.1. The van der Waals surface area contributed by atoms with Crippen LogP contribution in [-0.2, 0) is 4.74 Å². The highest BCUT2D eigenvalue weighted by Crippen LogP contribution is 2.28. The minimum atomic E-state index is -0.316. The lowest BCUT2D eigenvalue weighted by Gasteiger charge is -2.32. The molecule has 3 rings (SSSR count). The SMILES string of the molecule is Cc1nc(C(=O)NC[C@H]2CN(C3CC3)CCO2)no1. The van der Waals surface area contributed by atoms with Gasteiger partial charge in [-0.3, -0.25) is 9.69 Å². The number of amides is 1. The first-order valence-electron chi connectivity index (χ1n) is 6.66. The molecule has 2 aliphatic rings. The van der Waals surface area contributed by atoms with E-state index < -0.39 is 0 Å². The largest absolute Gasteiger partial charge is 0.374 e. The van der Waals surface area contributed by atoms with Gasteiger partial charge in [0, 0.05) is 32.6 Å². The highest BCUT2D eigenvalue weighted by atomic mass is 16.5. The summed E-state index contributed by atoms with van der Waals surface area (Å²) in [6.07, 6.45) is 2.63. The molecule has 2 heterocycles. The van der Waals surface area contributed by atoms with E-state index in [1.807, 2.05) is 0 Å². The number of ether oxygens (including phenoxy) is 1. The van der Waals surface area contributed by atoms with Crippen LogP contribution in [0.2, 0.25) is 0 Å². The molecule has 19 heavy (non-hydrogen) atoms. The number of rotatable bonds is 4. The standard InChI is InChI=1S/C12H18N4O3/c1-8-14-11(15-19-8)12(17)13-6-10-7-16(4-5-18-10)9-2-3-9/h9-10H,2-7H2,1H3,(H,13,17)/t10-/m0/s1. The fourth-order valence-electron chi connectivity index (χ4n) is 2.31. The molecule has 104 valence electrons. The van der Waals surface area contributed by atoms with Gasteiger partial charge >= 0.3 is 0 Å². The maximum absolute atomic E-state index is 11.8. The van der Waals surface area contributed by atoms with Gasteiger partial charge in [0.2, 0.25) is 5.89 Å². The fraction of sp³-hybridized carbons (Fsp3) is 0.750. The summed E-state index contributed by atoms with van der Waals surface area (Å²) < 4.78 is 10.4. The second-order valence-corrected chi connectivity index (χ2v) is 5.07. The summed E-state index contributed by atoms with van der Waals surface area (Å²) in [5.41, 5.74) is 0. The van der Waals surface area contributed by atoms with Gasteiger partial charge in [0.25, 0.3) is 11.7 Å². The zero-order valence-corrected chi connectivity index (χ0v) is 11.0. The number of hydrogen-bond donors (Lipinski definition) is 1. The van der Waals surface area contributed by atoms with E-state index in [0.717, 1.165) is 25.7 Å². The van der Waals surface area contributed by atoms with Gasteiger partial charge in [0.15, 0.2) is 0 Å². The summed E-state index contributed by atoms with van der Waals surface area (Å²) >= 11 is 0. The molecule has 1 saturated carbocycles. The van der Waals surface area contributed by atoms with Gasteiger partial charge < -0.3 is 14.6 Å². The Morgan fingerprint density at radius 3 is 3.05 bits per heavy atom. The van der Waals surface area contributed by atoms with Crippen molar-refractivity contribution in [2.45, 2.75) is 31.9 Å². The van der Waals surface area contributed by atoms with E-state index in [0.29, 0.717) is 12.4 Å². The minimum Gasteiger partial charge on any atom is -0.374 e. The normalized spacial score (nSPS) is 24.4. The number of carbonyl (C=O) groups is 1. The number of aromatic nitrogens is 2. The molecule has 0 aromatic carbocycles. The highest BCUT2D eigenvalue weighted by Gasteiger charge is 2.33. The zero-order chi connectivity index (χ0) is 13.2. The second kappa shape index (κ2) is 5.26. The van der Waals surface area contributed by atoms with Crippen molar-refractivity contribution < 1.29 is 14.1 Å². The third kappa shape index (κ3) is 3.10. The molecule has 1 N–H and O–H groups in total.